The van der Waals surface area contributed by atoms with Crippen LogP contribution in [0.3, 0.4) is 0 Å². The lowest BCUT2D eigenvalue weighted by Gasteiger charge is -2.24. The number of hydrogen-bond acceptors (Lipinski definition) is 4. The quantitative estimate of drug-likeness (QED) is 0.767. The Bertz CT molecular complexity index is 526. The van der Waals surface area contributed by atoms with Gasteiger partial charge in [0.05, 0.1) is 0 Å². The number of aliphatic hydroxyl groups is 1. The number of carboxylic acid groups (broad SMARTS) is 1. The topological polar surface area (TPSA) is 95.9 Å². The largest absolute Gasteiger partial charge is 0.480 e. The summed E-state index contributed by atoms with van der Waals surface area (Å²) < 4.78 is 5.55. The highest BCUT2D eigenvalue weighted by molar-refractivity contribution is 9.10. The first-order chi connectivity index (χ1) is 9.61. The first kappa shape index (κ1) is 17.5. The maximum atomic E-state index is 11.7. The molecule has 0 aromatic heterocycles. The molecule has 6 nitrogen and oxygen atoms in total. The molecule has 0 unspecified atom stereocenters. The Kier molecular flexibility index (Phi) is 5.74. The van der Waals surface area contributed by atoms with Gasteiger partial charge in [-0.15, -0.1) is 0 Å². The lowest BCUT2D eigenvalue weighted by molar-refractivity contribution is -0.142. The molecule has 0 fully saturated rings. The molecule has 116 valence electrons. The van der Waals surface area contributed by atoms with Gasteiger partial charge in [-0.1, -0.05) is 34.1 Å². The number of aliphatic carboxylic acids is 1. The molecule has 0 radical (unpaired) electrons. The molecule has 0 aliphatic carbocycles. The van der Waals surface area contributed by atoms with E-state index in [2.05, 4.69) is 21.2 Å². The van der Waals surface area contributed by atoms with Crippen LogP contribution in [0.4, 0.5) is 4.79 Å². The van der Waals surface area contributed by atoms with E-state index in [-0.39, 0.29) is 0 Å². The van der Waals surface area contributed by atoms with E-state index in [1.54, 1.807) is 45.0 Å². The zero-order chi connectivity index (χ0) is 16.2. The minimum absolute atomic E-state index is 0.362. The maximum Gasteiger partial charge on any atom is 0.408 e. The fourth-order valence-electron chi connectivity index (χ4n) is 1.60. The van der Waals surface area contributed by atoms with Crippen molar-refractivity contribution in [1.82, 2.24) is 5.32 Å². The summed E-state index contributed by atoms with van der Waals surface area (Å²) in [5.41, 5.74) is -0.397. The monoisotopic (exact) mass is 359 g/mol. The Morgan fingerprint density at radius 2 is 1.86 bits per heavy atom. The van der Waals surface area contributed by atoms with Gasteiger partial charge in [0.15, 0.2) is 6.04 Å². The normalized spacial score (nSPS) is 14.1. The van der Waals surface area contributed by atoms with E-state index < -0.39 is 29.8 Å². The summed E-state index contributed by atoms with van der Waals surface area (Å²) in [5, 5.41) is 21.6. The van der Waals surface area contributed by atoms with Crippen LogP contribution in [0.25, 0.3) is 0 Å². The van der Waals surface area contributed by atoms with Gasteiger partial charge in [0.2, 0.25) is 0 Å². The van der Waals surface area contributed by atoms with Crippen LogP contribution < -0.4 is 5.32 Å². The van der Waals surface area contributed by atoms with Crippen molar-refractivity contribution in [3.63, 3.8) is 0 Å². The van der Waals surface area contributed by atoms with E-state index in [0.29, 0.717) is 10.0 Å². The average Bonchev–Trinajstić information content (AvgIpc) is 2.33. The first-order valence-corrected chi connectivity index (χ1v) is 7.06. The van der Waals surface area contributed by atoms with Gasteiger partial charge in [-0.2, -0.15) is 0 Å². The highest BCUT2D eigenvalue weighted by Crippen LogP contribution is 2.25. The lowest BCUT2D eigenvalue weighted by atomic mass is 10.0. The number of alkyl carbamates (subject to hydrolysis) is 1. The second-order valence-electron chi connectivity index (χ2n) is 5.43. The van der Waals surface area contributed by atoms with E-state index in [1.807, 2.05) is 0 Å². The number of hydrogen-bond donors (Lipinski definition) is 3. The van der Waals surface area contributed by atoms with Gasteiger partial charge in [0.25, 0.3) is 0 Å². The molecule has 0 heterocycles. The second-order valence-corrected chi connectivity index (χ2v) is 6.28. The predicted molar refractivity (Wildman–Crippen MR) is 79.9 cm³/mol. The SMILES string of the molecule is CC(C)(C)OC(=O)N[C@@H](C(=O)O)[C@@H](O)c1ccccc1Br. The average molecular weight is 360 g/mol. The van der Waals surface area contributed by atoms with Crippen molar-refractivity contribution in [1.29, 1.82) is 0 Å². The molecule has 1 rings (SSSR count). The summed E-state index contributed by atoms with van der Waals surface area (Å²) in [7, 11) is 0. The highest BCUT2D eigenvalue weighted by atomic mass is 79.9. The maximum absolute atomic E-state index is 11.7. The van der Waals surface area contributed by atoms with Gasteiger partial charge >= 0.3 is 12.1 Å². The van der Waals surface area contributed by atoms with Crippen LogP contribution in [0.5, 0.6) is 0 Å². The number of carboxylic acids is 1. The van der Waals surface area contributed by atoms with Crippen molar-refractivity contribution < 1.29 is 24.5 Å². The van der Waals surface area contributed by atoms with E-state index in [0.717, 1.165) is 0 Å². The third kappa shape index (κ3) is 5.35. The van der Waals surface area contributed by atoms with Crippen LogP contribution in [0.2, 0.25) is 0 Å². The number of aliphatic hydroxyl groups excluding tert-OH is 1. The van der Waals surface area contributed by atoms with Gasteiger partial charge in [0, 0.05) is 4.47 Å². The number of ether oxygens (including phenoxy) is 1. The number of carbonyl (C=O) groups excluding carboxylic acids is 1. The third-order valence-corrected chi connectivity index (χ3v) is 3.20. The molecule has 0 saturated heterocycles. The van der Waals surface area contributed by atoms with Crippen LogP contribution >= 0.6 is 15.9 Å². The van der Waals surface area contributed by atoms with Gasteiger partial charge in [-0.3, -0.25) is 0 Å². The Morgan fingerprint density at radius 1 is 1.29 bits per heavy atom. The first-order valence-electron chi connectivity index (χ1n) is 6.26. The molecular weight excluding hydrogens is 342 g/mol. The van der Waals surface area contributed by atoms with Crippen molar-refractivity contribution in [2.45, 2.75) is 38.5 Å². The number of halogens is 1. The summed E-state index contributed by atoms with van der Waals surface area (Å²) in [6.07, 6.45) is -2.31. The predicted octanol–water partition coefficient (Wildman–Crippen LogP) is 2.46. The minimum Gasteiger partial charge on any atom is -0.480 e. The third-order valence-electron chi connectivity index (χ3n) is 2.48. The number of amides is 1. The van der Waals surface area contributed by atoms with Crippen molar-refractivity contribution >= 4 is 28.0 Å². The minimum atomic E-state index is -1.52. The van der Waals surface area contributed by atoms with Gasteiger partial charge in [0.1, 0.15) is 11.7 Å². The zero-order valence-corrected chi connectivity index (χ0v) is 13.5. The number of rotatable bonds is 4. The summed E-state index contributed by atoms with van der Waals surface area (Å²) in [4.78, 5) is 23.0. The molecule has 1 amide bonds. The molecule has 1 aromatic rings. The van der Waals surface area contributed by atoms with E-state index in [1.165, 1.54) is 0 Å². The summed E-state index contributed by atoms with van der Waals surface area (Å²) >= 11 is 3.23. The Morgan fingerprint density at radius 3 is 2.33 bits per heavy atom. The van der Waals surface area contributed by atoms with Gasteiger partial charge in [-0.05, 0) is 32.4 Å². The summed E-state index contributed by atoms with van der Waals surface area (Å²) in [6.45, 7) is 4.98. The smallest absolute Gasteiger partial charge is 0.408 e. The van der Waals surface area contributed by atoms with Crippen LogP contribution in [0.15, 0.2) is 28.7 Å². The molecule has 0 aliphatic rings. The molecule has 1 aromatic carbocycles. The van der Waals surface area contributed by atoms with E-state index >= 15 is 0 Å². The number of benzene rings is 1. The standard InChI is InChI=1S/C14H18BrNO5/c1-14(2,3)21-13(20)16-10(12(18)19)11(17)8-6-4-5-7-9(8)15/h4-7,10-11,17H,1-3H3,(H,16,20)(H,18,19)/t10-,11+/m1/s1. The summed E-state index contributed by atoms with van der Waals surface area (Å²) in [5.74, 6) is -1.36. The highest BCUT2D eigenvalue weighted by Gasteiger charge is 2.32. The van der Waals surface area contributed by atoms with Crippen LogP contribution in [-0.2, 0) is 9.53 Å². The van der Waals surface area contributed by atoms with Crippen LogP contribution in [0, 0.1) is 0 Å². The van der Waals surface area contributed by atoms with Crippen LogP contribution in [-0.4, -0.2) is 33.9 Å². The lowest BCUT2D eigenvalue weighted by Crippen LogP contribution is -2.46. The summed E-state index contributed by atoms with van der Waals surface area (Å²) in [6, 6.07) is 5.12. The van der Waals surface area contributed by atoms with Crippen molar-refractivity contribution in [2.24, 2.45) is 0 Å². The second kappa shape index (κ2) is 6.91. The molecule has 2 atom stereocenters. The van der Waals surface area contributed by atoms with Gasteiger partial charge < -0.3 is 20.3 Å². The number of carbonyl (C=O) groups is 2. The molecule has 7 heteroatoms. The Balaban J connectivity index is 2.90. The van der Waals surface area contributed by atoms with Gasteiger partial charge in [-0.25, -0.2) is 9.59 Å². The zero-order valence-electron chi connectivity index (χ0n) is 12.0. The molecule has 0 spiro atoms. The number of nitrogens with one attached hydrogen (secondary N) is 1. The molecule has 0 aliphatic heterocycles. The Hall–Kier alpha value is -1.60. The molecule has 0 saturated carbocycles. The molecular formula is C14H18BrNO5. The van der Waals surface area contributed by atoms with Crippen molar-refractivity contribution in [2.75, 3.05) is 0 Å². The van der Waals surface area contributed by atoms with Crippen LogP contribution in [0.1, 0.15) is 32.4 Å². The van der Waals surface area contributed by atoms with E-state index in [9.17, 15) is 19.8 Å². The Labute approximate surface area is 131 Å². The molecule has 0 bridgehead atoms. The molecule has 21 heavy (non-hydrogen) atoms. The molecule has 3 N–H and O–H groups in total. The fourth-order valence-corrected chi connectivity index (χ4v) is 2.12. The van der Waals surface area contributed by atoms with E-state index in [4.69, 9.17) is 4.74 Å². The van der Waals surface area contributed by atoms with Crippen molar-refractivity contribution in [3.05, 3.63) is 34.3 Å². The van der Waals surface area contributed by atoms with Crippen molar-refractivity contribution in [3.8, 4) is 0 Å². The fraction of sp³-hybridized carbons (Fsp3) is 0.429.